The van der Waals surface area contributed by atoms with E-state index in [2.05, 4.69) is 10.6 Å². The maximum Gasteiger partial charge on any atom is 0.257 e. The summed E-state index contributed by atoms with van der Waals surface area (Å²) in [5.74, 6) is -0.995. The van der Waals surface area contributed by atoms with E-state index < -0.39 is 17.2 Å². The molecule has 0 unspecified atom stereocenters. The van der Waals surface area contributed by atoms with E-state index in [1.165, 1.54) is 12.4 Å². The smallest absolute Gasteiger partial charge is 0.257 e. The summed E-state index contributed by atoms with van der Waals surface area (Å²) in [6, 6.07) is 7.10. The van der Waals surface area contributed by atoms with E-state index in [1.54, 1.807) is 35.8 Å². The third kappa shape index (κ3) is 5.20. The van der Waals surface area contributed by atoms with E-state index in [9.17, 15) is 14.4 Å². The molecule has 1 atom stereocenters. The molecule has 2 amide bonds. The van der Waals surface area contributed by atoms with Gasteiger partial charge in [-0.3, -0.25) is 14.4 Å². The zero-order valence-electron chi connectivity index (χ0n) is 15.7. The third-order valence-electron chi connectivity index (χ3n) is 4.34. The number of nitrogens with zero attached hydrogens (tertiary/aromatic N) is 1. The monoisotopic (exact) mass is 389 g/mol. The summed E-state index contributed by atoms with van der Waals surface area (Å²) in [6.45, 7) is 6.38. The second-order valence-corrected chi connectivity index (χ2v) is 6.72. The van der Waals surface area contributed by atoms with Gasteiger partial charge < -0.3 is 15.2 Å². The van der Waals surface area contributed by atoms with E-state index in [0.29, 0.717) is 11.6 Å². The first-order valence-electron chi connectivity index (χ1n) is 8.94. The number of benzene rings is 1. The molecule has 0 spiro atoms. The van der Waals surface area contributed by atoms with Gasteiger partial charge in [-0.2, -0.15) is 0 Å². The molecule has 0 aliphatic rings. The number of nitrogens with one attached hydrogen (secondary N) is 2. The van der Waals surface area contributed by atoms with Gasteiger partial charge in [-0.05, 0) is 38.0 Å². The van der Waals surface area contributed by atoms with Crippen LogP contribution in [0.25, 0.3) is 0 Å². The number of carbonyl (C=O) groups excluding carboxylic acids is 2. The summed E-state index contributed by atoms with van der Waals surface area (Å²) < 4.78 is 1.74. The zero-order valence-corrected chi connectivity index (χ0v) is 16.5. The molecule has 0 bridgehead atoms. The molecule has 2 N–H and O–H groups in total. The summed E-state index contributed by atoms with van der Waals surface area (Å²) in [7, 11) is 0. The van der Waals surface area contributed by atoms with E-state index >= 15 is 0 Å². The average Bonchev–Trinajstić information content (AvgIpc) is 2.67. The molecular formula is C20H24ClN3O3. The topological polar surface area (TPSA) is 80.2 Å². The molecule has 0 aliphatic carbocycles. The molecule has 7 heteroatoms. The highest BCUT2D eigenvalue weighted by Gasteiger charge is 2.20. The first-order chi connectivity index (χ1) is 12.9. The van der Waals surface area contributed by atoms with E-state index in [-0.39, 0.29) is 23.7 Å². The molecule has 27 heavy (non-hydrogen) atoms. The number of aromatic nitrogens is 1. The Balaban J connectivity index is 2.33. The predicted molar refractivity (Wildman–Crippen MR) is 106 cm³/mol. The quantitative estimate of drug-likeness (QED) is 0.763. The van der Waals surface area contributed by atoms with Gasteiger partial charge in [0.1, 0.15) is 11.1 Å². The molecule has 0 aliphatic heterocycles. The first-order valence-corrected chi connectivity index (χ1v) is 9.31. The lowest BCUT2D eigenvalue weighted by Crippen LogP contribution is -2.35. The lowest BCUT2D eigenvalue weighted by Gasteiger charge is -2.17. The molecule has 0 saturated carbocycles. The van der Waals surface area contributed by atoms with Crippen molar-refractivity contribution in [3.8, 4) is 0 Å². The lowest BCUT2D eigenvalue weighted by atomic mass is 10.1. The Morgan fingerprint density at radius 1 is 1.04 bits per heavy atom. The zero-order chi connectivity index (χ0) is 20.0. The summed E-state index contributed by atoms with van der Waals surface area (Å²) >= 11 is 5.86. The molecule has 2 rings (SSSR count). The molecule has 0 fully saturated rings. The van der Waals surface area contributed by atoms with Gasteiger partial charge in [0.25, 0.3) is 11.8 Å². The molecule has 1 heterocycles. The molecule has 0 radical (unpaired) electrons. The van der Waals surface area contributed by atoms with Gasteiger partial charge in [0.2, 0.25) is 5.43 Å². The molecule has 6 nitrogen and oxygen atoms in total. The fraction of sp³-hybridized carbons (Fsp3) is 0.350. The van der Waals surface area contributed by atoms with Crippen LogP contribution < -0.4 is 16.1 Å². The van der Waals surface area contributed by atoms with Crippen molar-refractivity contribution < 1.29 is 9.59 Å². The Labute approximate surface area is 163 Å². The molecule has 0 saturated heterocycles. The third-order valence-corrected chi connectivity index (χ3v) is 4.59. The minimum absolute atomic E-state index is 0.0312. The SMILES string of the molecule is CCNC(=O)c1cn([C@H](C)CC)cc(C(=O)NCc2ccc(Cl)cc2)c1=O. The van der Waals surface area contributed by atoms with Gasteiger partial charge in [0.05, 0.1) is 0 Å². The van der Waals surface area contributed by atoms with Crippen molar-refractivity contribution in [2.45, 2.75) is 39.8 Å². The molecule has 144 valence electrons. The summed E-state index contributed by atoms with van der Waals surface area (Å²) in [5.41, 5.74) is 0.202. The number of carbonyl (C=O) groups is 2. The predicted octanol–water partition coefficient (Wildman–Crippen LogP) is 3.15. The van der Waals surface area contributed by atoms with Gasteiger partial charge in [-0.25, -0.2) is 0 Å². The van der Waals surface area contributed by atoms with Gasteiger partial charge in [-0.1, -0.05) is 30.7 Å². The van der Waals surface area contributed by atoms with Crippen molar-refractivity contribution in [3.63, 3.8) is 0 Å². The van der Waals surface area contributed by atoms with Crippen LogP contribution in [0.5, 0.6) is 0 Å². The Kier molecular flexibility index (Phi) is 7.19. The molecule has 1 aromatic heterocycles. The van der Waals surface area contributed by atoms with E-state index in [4.69, 9.17) is 11.6 Å². The fourth-order valence-electron chi connectivity index (χ4n) is 2.52. The maximum atomic E-state index is 12.7. The van der Waals surface area contributed by atoms with Gasteiger partial charge >= 0.3 is 0 Å². The summed E-state index contributed by atoms with van der Waals surface area (Å²) in [4.78, 5) is 37.6. The van der Waals surface area contributed by atoms with Gasteiger partial charge in [0, 0.05) is 36.5 Å². The lowest BCUT2D eigenvalue weighted by molar-refractivity contribution is 0.0948. The summed E-state index contributed by atoms with van der Waals surface area (Å²) in [5, 5.41) is 5.96. The second kappa shape index (κ2) is 9.37. The van der Waals surface area contributed by atoms with Crippen LogP contribution in [0.1, 0.15) is 59.5 Å². The minimum atomic E-state index is -0.575. The highest BCUT2D eigenvalue weighted by molar-refractivity contribution is 6.30. The highest BCUT2D eigenvalue weighted by Crippen LogP contribution is 2.12. The number of pyridine rings is 1. The van der Waals surface area contributed by atoms with Gasteiger partial charge in [0.15, 0.2) is 0 Å². The maximum absolute atomic E-state index is 12.7. The van der Waals surface area contributed by atoms with Crippen LogP contribution in [0.4, 0.5) is 0 Å². The fourth-order valence-corrected chi connectivity index (χ4v) is 2.65. The average molecular weight is 390 g/mol. The molecular weight excluding hydrogens is 366 g/mol. The first kappa shape index (κ1) is 20.7. The summed E-state index contributed by atoms with van der Waals surface area (Å²) in [6.07, 6.45) is 3.82. The number of hydrogen-bond donors (Lipinski definition) is 2. The standard InChI is InChI=1S/C20H24ClN3O3/c1-4-13(3)24-11-16(19(26)22-5-2)18(25)17(12-24)20(27)23-10-14-6-8-15(21)9-7-14/h6-9,11-13H,4-5,10H2,1-3H3,(H,22,26)(H,23,27)/t13-/m1/s1. The van der Waals surface area contributed by atoms with Crippen LogP contribution in [0, 0.1) is 0 Å². The molecule has 2 aromatic rings. The van der Waals surface area contributed by atoms with Crippen molar-refractivity contribution in [2.75, 3.05) is 6.54 Å². The van der Waals surface area contributed by atoms with Crippen LogP contribution >= 0.6 is 11.6 Å². The number of halogens is 1. The highest BCUT2D eigenvalue weighted by atomic mass is 35.5. The molecule has 1 aromatic carbocycles. The van der Waals surface area contributed by atoms with Gasteiger partial charge in [-0.15, -0.1) is 0 Å². The van der Waals surface area contributed by atoms with Crippen molar-refractivity contribution in [2.24, 2.45) is 0 Å². The van der Waals surface area contributed by atoms with Crippen molar-refractivity contribution in [1.82, 2.24) is 15.2 Å². The minimum Gasteiger partial charge on any atom is -0.352 e. The second-order valence-electron chi connectivity index (χ2n) is 6.29. The van der Waals surface area contributed by atoms with Crippen LogP contribution in [0.15, 0.2) is 41.5 Å². The van der Waals surface area contributed by atoms with Crippen molar-refractivity contribution >= 4 is 23.4 Å². The van der Waals surface area contributed by atoms with Crippen LogP contribution in [-0.2, 0) is 6.54 Å². The number of amides is 2. The Bertz CT molecular complexity index is 875. The van der Waals surface area contributed by atoms with Crippen LogP contribution in [0.2, 0.25) is 5.02 Å². The van der Waals surface area contributed by atoms with Crippen LogP contribution in [-0.4, -0.2) is 22.9 Å². The Morgan fingerprint density at radius 2 is 1.59 bits per heavy atom. The van der Waals surface area contributed by atoms with E-state index in [0.717, 1.165) is 12.0 Å². The Hall–Kier alpha value is -2.60. The number of hydrogen-bond acceptors (Lipinski definition) is 3. The van der Waals surface area contributed by atoms with Crippen molar-refractivity contribution in [3.05, 3.63) is 68.6 Å². The van der Waals surface area contributed by atoms with Crippen LogP contribution in [0.3, 0.4) is 0 Å². The largest absolute Gasteiger partial charge is 0.352 e. The number of rotatable bonds is 7. The normalized spacial score (nSPS) is 11.7. The van der Waals surface area contributed by atoms with E-state index in [1.807, 2.05) is 13.8 Å². The van der Waals surface area contributed by atoms with Crippen molar-refractivity contribution in [1.29, 1.82) is 0 Å². The Morgan fingerprint density at radius 3 is 2.11 bits per heavy atom.